The fourth-order valence-corrected chi connectivity index (χ4v) is 4.13. The second-order valence-corrected chi connectivity index (χ2v) is 8.11. The van der Waals surface area contributed by atoms with E-state index in [2.05, 4.69) is 10.1 Å². The molecule has 1 amide bonds. The smallest absolute Gasteiger partial charge is 0.433 e. The summed E-state index contributed by atoms with van der Waals surface area (Å²) >= 11 is 0. The maximum absolute atomic E-state index is 13.0. The number of rotatable bonds is 6. The molecular weight excluding hydrogens is 453 g/mol. The van der Waals surface area contributed by atoms with Crippen molar-refractivity contribution in [1.29, 1.82) is 0 Å². The molecule has 0 aliphatic carbocycles. The number of alkyl halides is 3. The minimum Gasteiger partial charge on any atom is -0.496 e. The number of hydrogen-bond donors (Lipinski definition) is 1. The number of aliphatic hydroxyl groups excluding tert-OH is 1. The van der Waals surface area contributed by atoms with Gasteiger partial charge in [0.05, 0.1) is 18.7 Å². The number of halogens is 3. The van der Waals surface area contributed by atoms with Gasteiger partial charge in [0.15, 0.2) is 5.78 Å². The largest absolute Gasteiger partial charge is 0.496 e. The number of ketones is 1. The summed E-state index contributed by atoms with van der Waals surface area (Å²) in [5.74, 6) is -0.447. The monoisotopic (exact) mass is 476 g/mol. The number of aliphatic hydroxyl groups is 1. The number of piperidine rings is 1. The average Bonchev–Trinajstić information content (AvgIpc) is 3.25. The minimum atomic E-state index is -4.64. The van der Waals surface area contributed by atoms with Crippen LogP contribution in [0.2, 0.25) is 0 Å². The Hall–Kier alpha value is -3.47. The second kappa shape index (κ2) is 9.41. The summed E-state index contributed by atoms with van der Waals surface area (Å²) in [5, 5.41) is 14.4. The Morgan fingerprint density at radius 1 is 1.21 bits per heavy atom. The molecule has 8 nitrogen and oxygen atoms in total. The first-order chi connectivity index (χ1) is 16.2. The number of pyridine rings is 1. The number of Topliss-reactive ketones (excluding diaryl/α,β-unsaturated/α-hetero) is 1. The van der Waals surface area contributed by atoms with E-state index in [0.29, 0.717) is 42.8 Å². The lowest BCUT2D eigenvalue weighted by atomic mass is 10.0. The molecule has 180 valence electrons. The predicted octanol–water partition coefficient (Wildman–Crippen LogP) is 3.04. The number of carbonyl (C=O) groups excluding carboxylic acids is 2. The fourth-order valence-electron chi connectivity index (χ4n) is 4.13. The number of amides is 1. The van der Waals surface area contributed by atoms with Crippen molar-refractivity contribution in [2.45, 2.75) is 31.5 Å². The Labute approximate surface area is 192 Å². The molecule has 1 saturated heterocycles. The molecule has 1 N–H and O–H groups in total. The molecule has 4 rings (SSSR count). The summed E-state index contributed by atoms with van der Waals surface area (Å²) in [7, 11) is 1.45. The SMILES string of the molecule is COc1cc2nn(C3CCN(C(=O)CO)CC3)cc2cc1CC(=O)c1cccc(C(F)(F)F)n1. The van der Waals surface area contributed by atoms with Crippen LogP contribution in [0.4, 0.5) is 13.2 Å². The standard InChI is InChI=1S/C23H23F3N4O4/c1-34-20-11-18-15(12-30(28-18)16-5-7-29(8-6-16)22(33)13-31)9-14(20)10-19(32)17-3-2-4-21(27-17)23(24,25)26/h2-4,9,11-12,16,31H,5-8,10,13H2,1H3. The van der Waals surface area contributed by atoms with E-state index in [1.807, 2.05) is 10.9 Å². The molecule has 0 bridgehead atoms. The number of likely N-dealkylation sites (tertiary alicyclic amines) is 1. The van der Waals surface area contributed by atoms with Gasteiger partial charge < -0.3 is 14.7 Å². The highest BCUT2D eigenvalue weighted by Gasteiger charge is 2.33. The molecule has 0 atom stereocenters. The van der Waals surface area contributed by atoms with Crippen molar-refractivity contribution in [2.75, 3.05) is 26.8 Å². The Morgan fingerprint density at radius 2 is 1.94 bits per heavy atom. The molecule has 1 aromatic carbocycles. The highest BCUT2D eigenvalue weighted by Crippen LogP contribution is 2.30. The predicted molar refractivity (Wildman–Crippen MR) is 115 cm³/mol. The van der Waals surface area contributed by atoms with Crippen molar-refractivity contribution in [3.63, 3.8) is 0 Å². The van der Waals surface area contributed by atoms with Gasteiger partial charge in [-0.1, -0.05) is 6.07 Å². The normalized spacial score (nSPS) is 15.0. The van der Waals surface area contributed by atoms with E-state index in [-0.39, 0.29) is 24.1 Å². The van der Waals surface area contributed by atoms with Crippen LogP contribution in [0.15, 0.2) is 36.5 Å². The molecule has 34 heavy (non-hydrogen) atoms. The summed E-state index contributed by atoms with van der Waals surface area (Å²) in [6, 6.07) is 6.75. The summed E-state index contributed by atoms with van der Waals surface area (Å²) in [6.07, 6.45) is -1.60. The Balaban J connectivity index is 1.55. The number of ether oxygens (including phenoxy) is 1. The van der Waals surface area contributed by atoms with Gasteiger partial charge in [0.1, 0.15) is 23.7 Å². The zero-order valence-corrected chi connectivity index (χ0v) is 18.4. The maximum atomic E-state index is 13.0. The van der Waals surface area contributed by atoms with Crippen molar-refractivity contribution < 1.29 is 32.6 Å². The first kappa shape index (κ1) is 23.7. The summed E-state index contributed by atoms with van der Waals surface area (Å²) in [6.45, 7) is 0.536. The van der Waals surface area contributed by atoms with Crippen LogP contribution in [0.5, 0.6) is 5.75 Å². The average molecular weight is 476 g/mol. The van der Waals surface area contributed by atoms with Gasteiger partial charge in [-0.05, 0) is 31.0 Å². The second-order valence-electron chi connectivity index (χ2n) is 8.11. The van der Waals surface area contributed by atoms with Gasteiger partial charge in [-0.25, -0.2) is 4.98 Å². The van der Waals surface area contributed by atoms with Crippen molar-refractivity contribution in [3.05, 3.63) is 53.5 Å². The lowest BCUT2D eigenvalue weighted by molar-refractivity contribution is -0.141. The lowest BCUT2D eigenvalue weighted by Crippen LogP contribution is -2.40. The summed E-state index contributed by atoms with van der Waals surface area (Å²) in [4.78, 5) is 29.5. The minimum absolute atomic E-state index is 0.0699. The lowest BCUT2D eigenvalue weighted by Gasteiger charge is -2.31. The van der Waals surface area contributed by atoms with Crippen LogP contribution >= 0.6 is 0 Å². The summed E-state index contributed by atoms with van der Waals surface area (Å²) in [5.41, 5.74) is -0.216. The van der Waals surface area contributed by atoms with Crippen LogP contribution in [-0.4, -0.2) is 63.3 Å². The van der Waals surface area contributed by atoms with Crippen LogP contribution in [0.3, 0.4) is 0 Å². The number of methoxy groups -OCH3 is 1. The third-order valence-electron chi connectivity index (χ3n) is 5.93. The molecule has 0 saturated carbocycles. The quantitative estimate of drug-likeness (QED) is 0.550. The number of fused-ring (bicyclic) bond motifs is 1. The molecule has 0 radical (unpaired) electrons. The number of hydrogen-bond acceptors (Lipinski definition) is 6. The van der Waals surface area contributed by atoms with Gasteiger partial charge in [-0.3, -0.25) is 14.3 Å². The molecule has 11 heteroatoms. The van der Waals surface area contributed by atoms with Crippen LogP contribution in [0, 0.1) is 0 Å². The van der Waals surface area contributed by atoms with Crippen LogP contribution < -0.4 is 4.74 Å². The maximum Gasteiger partial charge on any atom is 0.433 e. The first-order valence-electron chi connectivity index (χ1n) is 10.7. The molecule has 0 spiro atoms. The molecular formula is C23H23F3N4O4. The molecule has 1 aliphatic heterocycles. The topological polar surface area (TPSA) is 97.5 Å². The number of benzene rings is 1. The van der Waals surface area contributed by atoms with Gasteiger partial charge in [-0.2, -0.15) is 18.3 Å². The van der Waals surface area contributed by atoms with Crippen molar-refractivity contribution in [2.24, 2.45) is 0 Å². The number of carbonyl (C=O) groups is 2. The Bertz CT molecular complexity index is 1220. The fraction of sp³-hybridized carbons (Fsp3) is 0.391. The highest BCUT2D eigenvalue weighted by atomic mass is 19.4. The molecule has 2 aromatic heterocycles. The van der Waals surface area contributed by atoms with Gasteiger partial charge in [0, 0.05) is 42.7 Å². The van der Waals surface area contributed by atoms with Gasteiger partial charge in [0.25, 0.3) is 0 Å². The molecule has 3 aromatic rings. The third kappa shape index (κ3) is 4.89. The van der Waals surface area contributed by atoms with E-state index >= 15 is 0 Å². The molecule has 1 fully saturated rings. The Kier molecular flexibility index (Phi) is 6.56. The van der Waals surface area contributed by atoms with Crippen LogP contribution in [0.25, 0.3) is 10.9 Å². The number of nitrogens with zero attached hydrogens (tertiary/aromatic N) is 4. The van der Waals surface area contributed by atoms with E-state index in [9.17, 15) is 22.8 Å². The number of aromatic nitrogens is 3. The van der Waals surface area contributed by atoms with E-state index in [1.165, 1.54) is 13.2 Å². The van der Waals surface area contributed by atoms with E-state index in [4.69, 9.17) is 9.84 Å². The van der Waals surface area contributed by atoms with E-state index in [0.717, 1.165) is 17.5 Å². The molecule has 3 heterocycles. The molecule has 0 unspecified atom stereocenters. The molecule has 1 aliphatic rings. The van der Waals surface area contributed by atoms with Gasteiger partial charge in [0.2, 0.25) is 5.91 Å². The van der Waals surface area contributed by atoms with E-state index in [1.54, 1.807) is 17.0 Å². The van der Waals surface area contributed by atoms with Gasteiger partial charge >= 0.3 is 6.18 Å². The van der Waals surface area contributed by atoms with Crippen molar-refractivity contribution in [3.8, 4) is 5.75 Å². The van der Waals surface area contributed by atoms with Crippen molar-refractivity contribution >= 4 is 22.6 Å². The van der Waals surface area contributed by atoms with Crippen LogP contribution in [0.1, 0.15) is 40.6 Å². The third-order valence-corrected chi connectivity index (χ3v) is 5.93. The van der Waals surface area contributed by atoms with Crippen LogP contribution in [-0.2, 0) is 17.4 Å². The zero-order chi connectivity index (χ0) is 24.5. The highest BCUT2D eigenvalue weighted by molar-refractivity contribution is 5.97. The zero-order valence-electron chi connectivity index (χ0n) is 18.4. The van der Waals surface area contributed by atoms with E-state index < -0.39 is 24.3 Å². The first-order valence-corrected chi connectivity index (χ1v) is 10.7. The van der Waals surface area contributed by atoms with Crippen molar-refractivity contribution in [1.82, 2.24) is 19.7 Å². The Morgan fingerprint density at radius 3 is 2.59 bits per heavy atom. The van der Waals surface area contributed by atoms with Gasteiger partial charge in [-0.15, -0.1) is 0 Å². The summed E-state index contributed by atoms with van der Waals surface area (Å²) < 4.78 is 46.1.